The minimum atomic E-state index is 0.780. The minimum Gasteiger partial charge on any atom is -0.316 e. The van der Waals surface area contributed by atoms with E-state index in [1.807, 2.05) is 0 Å². The lowest BCUT2D eigenvalue weighted by Gasteiger charge is -2.24. The molecule has 3 nitrogen and oxygen atoms in total. The zero-order valence-electron chi connectivity index (χ0n) is 9.86. The van der Waals surface area contributed by atoms with Gasteiger partial charge in [-0.25, -0.2) is 0 Å². The first-order valence-corrected chi connectivity index (χ1v) is 6.65. The van der Waals surface area contributed by atoms with Crippen LogP contribution < -0.4 is 5.32 Å². The Bertz CT molecular complexity index is 335. The number of nitrogens with zero attached hydrogens (tertiary/aromatic N) is 2. The highest BCUT2D eigenvalue weighted by atomic mass is 15.3. The van der Waals surface area contributed by atoms with Gasteiger partial charge in [-0.05, 0) is 56.2 Å². The molecular formula is C13H21N3. The summed E-state index contributed by atoms with van der Waals surface area (Å²) in [4.78, 5) is 0. The van der Waals surface area contributed by atoms with Crippen LogP contribution in [-0.4, -0.2) is 22.9 Å². The number of piperidine rings is 1. The van der Waals surface area contributed by atoms with Gasteiger partial charge in [0.1, 0.15) is 0 Å². The quantitative estimate of drug-likeness (QED) is 0.844. The Hall–Kier alpha value is -0.830. The maximum Gasteiger partial charge on any atom is 0.0524 e. The molecule has 2 fully saturated rings. The molecule has 0 spiro atoms. The molecule has 1 N–H and O–H groups in total. The highest BCUT2D eigenvalue weighted by molar-refractivity contribution is 5.13. The maximum atomic E-state index is 4.50. The molecule has 1 atom stereocenters. The summed E-state index contributed by atoms with van der Waals surface area (Å²) < 4.78 is 2.16. The summed E-state index contributed by atoms with van der Waals surface area (Å²) in [6.07, 6.45) is 11.2. The van der Waals surface area contributed by atoms with Gasteiger partial charge in [0, 0.05) is 12.7 Å². The Kier molecular flexibility index (Phi) is 2.96. The van der Waals surface area contributed by atoms with E-state index in [2.05, 4.69) is 27.5 Å². The Labute approximate surface area is 97.2 Å². The third-order valence-corrected chi connectivity index (χ3v) is 4.07. The predicted molar refractivity (Wildman–Crippen MR) is 64.4 cm³/mol. The molecule has 3 rings (SSSR count). The van der Waals surface area contributed by atoms with Crippen LogP contribution in [0.3, 0.4) is 0 Å². The molecule has 2 aliphatic rings. The van der Waals surface area contributed by atoms with Crippen molar-refractivity contribution >= 4 is 0 Å². The van der Waals surface area contributed by atoms with E-state index in [1.165, 1.54) is 50.8 Å². The molecule has 1 aromatic rings. The zero-order chi connectivity index (χ0) is 10.8. The van der Waals surface area contributed by atoms with Gasteiger partial charge >= 0.3 is 0 Å². The Morgan fingerprint density at radius 2 is 2.25 bits per heavy atom. The fourth-order valence-electron chi connectivity index (χ4n) is 2.78. The van der Waals surface area contributed by atoms with Crippen LogP contribution >= 0.6 is 0 Å². The Morgan fingerprint density at radius 1 is 1.31 bits per heavy atom. The van der Waals surface area contributed by atoms with E-state index in [9.17, 15) is 0 Å². The summed E-state index contributed by atoms with van der Waals surface area (Å²) in [6.45, 7) is 3.46. The molecule has 0 bridgehead atoms. The smallest absolute Gasteiger partial charge is 0.0524 e. The van der Waals surface area contributed by atoms with Crippen LogP contribution in [-0.2, 0) is 6.54 Å². The third kappa shape index (κ3) is 2.14. The molecule has 16 heavy (non-hydrogen) atoms. The zero-order valence-corrected chi connectivity index (χ0v) is 9.86. The molecule has 1 aromatic heterocycles. The second kappa shape index (κ2) is 4.58. The van der Waals surface area contributed by atoms with Crippen molar-refractivity contribution in [3.05, 3.63) is 18.0 Å². The second-order valence-electron chi connectivity index (χ2n) is 5.34. The van der Waals surface area contributed by atoms with Gasteiger partial charge in [0.05, 0.1) is 6.20 Å². The van der Waals surface area contributed by atoms with Crippen molar-refractivity contribution in [3.8, 4) is 0 Å². The van der Waals surface area contributed by atoms with E-state index >= 15 is 0 Å². The monoisotopic (exact) mass is 219 g/mol. The highest BCUT2D eigenvalue weighted by Crippen LogP contribution is 2.35. The van der Waals surface area contributed by atoms with Gasteiger partial charge in [0.25, 0.3) is 0 Å². The molecule has 1 saturated carbocycles. The van der Waals surface area contributed by atoms with E-state index in [-0.39, 0.29) is 0 Å². The lowest BCUT2D eigenvalue weighted by atomic mass is 9.81. The molecule has 0 radical (unpaired) electrons. The summed E-state index contributed by atoms with van der Waals surface area (Å²) in [7, 11) is 0. The minimum absolute atomic E-state index is 0.780. The van der Waals surface area contributed by atoms with Crippen molar-refractivity contribution in [2.75, 3.05) is 13.1 Å². The number of nitrogens with one attached hydrogen (secondary N) is 1. The summed E-state index contributed by atoms with van der Waals surface area (Å²) in [6, 6.07) is 0. The van der Waals surface area contributed by atoms with Crippen molar-refractivity contribution in [2.45, 2.75) is 44.6 Å². The van der Waals surface area contributed by atoms with E-state index in [1.54, 1.807) is 0 Å². The SMILES string of the molecule is c1nn(CC2CCCNC2)cc1C1CCC1. The highest BCUT2D eigenvalue weighted by Gasteiger charge is 2.21. The third-order valence-electron chi connectivity index (χ3n) is 4.07. The number of rotatable bonds is 3. The molecular weight excluding hydrogens is 198 g/mol. The van der Waals surface area contributed by atoms with Crippen molar-refractivity contribution in [1.29, 1.82) is 0 Å². The molecule has 1 aliphatic heterocycles. The standard InChI is InChI=1S/C13H21N3/c1-4-12(5-1)13-8-15-16(10-13)9-11-3-2-6-14-7-11/h8,10-12,14H,1-7,9H2. The lowest BCUT2D eigenvalue weighted by Crippen LogP contribution is -2.32. The fraction of sp³-hybridized carbons (Fsp3) is 0.769. The van der Waals surface area contributed by atoms with Crippen molar-refractivity contribution in [3.63, 3.8) is 0 Å². The van der Waals surface area contributed by atoms with Gasteiger partial charge in [-0.15, -0.1) is 0 Å². The largest absolute Gasteiger partial charge is 0.316 e. The first-order valence-electron chi connectivity index (χ1n) is 6.65. The molecule has 0 amide bonds. The van der Waals surface area contributed by atoms with Crippen LogP contribution in [0.4, 0.5) is 0 Å². The molecule has 0 aromatic carbocycles. The molecule has 2 heterocycles. The Balaban J connectivity index is 1.58. The van der Waals surface area contributed by atoms with E-state index in [4.69, 9.17) is 0 Å². The second-order valence-corrected chi connectivity index (χ2v) is 5.34. The Morgan fingerprint density at radius 3 is 2.94 bits per heavy atom. The van der Waals surface area contributed by atoms with Crippen molar-refractivity contribution in [2.24, 2.45) is 5.92 Å². The number of aromatic nitrogens is 2. The van der Waals surface area contributed by atoms with Gasteiger partial charge in [0.2, 0.25) is 0 Å². The van der Waals surface area contributed by atoms with Gasteiger partial charge in [-0.1, -0.05) is 6.42 Å². The van der Waals surface area contributed by atoms with Gasteiger partial charge in [-0.2, -0.15) is 5.10 Å². The van der Waals surface area contributed by atoms with Crippen LogP contribution in [0.25, 0.3) is 0 Å². The topological polar surface area (TPSA) is 29.9 Å². The predicted octanol–water partition coefficient (Wildman–Crippen LogP) is 2.15. The molecule has 1 unspecified atom stereocenters. The molecule has 88 valence electrons. The maximum absolute atomic E-state index is 4.50. The fourth-order valence-corrected chi connectivity index (χ4v) is 2.78. The normalized spacial score (nSPS) is 26.6. The summed E-state index contributed by atoms with van der Waals surface area (Å²) >= 11 is 0. The first kappa shape index (κ1) is 10.3. The van der Waals surface area contributed by atoms with Gasteiger partial charge < -0.3 is 5.32 Å². The van der Waals surface area contributed by atoms with Crippen molar-refractivity contribution in [1.82, 2.24) is 15.1 Å². The van der Waals surface area contributed by atoms with Gasteiger partial charge in [0.15, 0.2) is 0 Å². The molecule has 1 aliphatic carbocycles. The summed E-state index contributed by atoms with van der Waals surface area (Å²) in [5.41, 5.74) is 1.47. The van der Waals surface area contributed by atoms with Crippen LogP contribution in [0, 0.1) is 5.92 Å². The lowest BCUT2D eigenvalue weighted by molar-refractivity contribution is 0.325. The van der Waals surface area contributed by atoms with Crippen LogP contribution in [0.2, 0.25) is 0 Å². The van der Waals surface area contributed by atoms with Crippen LogP contribution in [0.5, 0.6) is 0 Å². The summed E-state index contributed by atoms with van der Waals surface area (Å²) in [5, 5.41) is 7.97. The average Bonchev–Trinajstić information content (AvgIpc) is 2.65. The first-order chi connectivity index (χ1) is 7.92. The molecule has 3 heteroatoms. The van der Waals surface area contributed by atoms with Crippen LogP contribution in [0.15, 0.2) is 12.4 Å². The molecule has 1 saturated heterocycles. The van der Waals surface area contributed by atoms with E-state index < -0.39 is 0 Å². The van der Waals surface area contributed by atoms with Gasteiger partial charge in [-0.3, -0.25) is 4.68 Å². The van der Waals surface area contributed by atoms with E-state index in [0.29, 0.717) is 0 Å². The average molecular weight is 219 g/mol. The van der Waals surface area contributed by atoms with E-state index in [0.717, 1.165) is 18.4 Å². The number of hydrogen-bond acceptors (Lipinski definition) is 2. The summed E-state index contributed by atoms with van der Waals surface area (Å²) in [5.74, 6) is 1.60. The number of hydrogen-bond donors (Lipinski definition) is 1. The van der Waals surface area contributed by atoms with Crippen molar-refractivity contribution < 1.29 is 0 Å². The van der Waals surface area contributed by atoms with Crippen LogP contribution in [0.1, 0.15) is 43.6 Å².